The fourth-order valence-electron chi connectivity index (χ4n) is 11.2. The Labute approximate surface area is 506 Å². The van der Waals surface area contributed by atoms with Crippen LogP contribution in [0.2, 0.25) is 0 Å². The largest absolute Gasteiger partial charge is 0.466 e. The first kappa shape index (κ1) is 78.8. The summed E-state index contributed by atoms with van der Waals surface area (Å²) in [6, 6.07) is -0.630. The molecule has 0 radical (unpaired) electrons. The molecule has 0 heterocycles. The molecule has 0 aromatic heterocycles. The fraction of sp³-hybridized carbons (Fsp3) is 0.867. The third-order valence-corrected chi connectivity index (χ3v) is 16.8. The number of ether oxygens (including phenoxy) is 1. The molecule has 0 aromatic rings. The molecule has 0 aliphatic carbocycles. The van der Waals surface area contributed by atoms with Gasteiger partial charge in [0.05, 0.1) is 25.4 Å². The lowest BCUT2D eigenvalue weighted by atomic mass is 10.0. The number of amides is 1. The highest BCUT2D eigenvalue weighted by Gasteiger charge is 2.18. The zero-order valence-corrected chi connectivity index (χ0v) is 54.5. The summed E-state index contributed by atoms with van der Waals surface area (Å²) >= 11 is 0. The lowest BCUT2D eigenvalue weighted by Gasteiger charge is -2.20. The van der Waals surface area contributed by atoms with Crippen LogP contribution in [0.3, 0.4) is 0 Å². The Morgan fingerprint density at radius 3 is 0.988 bits per heavy atom. The molecule has 0 spiro atoms. The molecule has 2 atom stereocenters. The molecule has 1 amide bonds. The Morgan fingerprint density at radius 2 is 0.630 bits per heavy atom. The average Bonchev–Trinajstić information content (AvgIpc) is 3.47. The summed E-state index contributed by atoms with van der Waals surface area (Å²) in [5, 5.41) is 23.3. The van der Waals surface area contributed by atoms with E-state index in [1.54, 1.807) is 6.08 Å². The van der Waals surface area contributed by atoms with Gasteiger partial charge in [0.2, 0.25) is 5.91 Å². The normalized spacial score (nSPS) is 12.8. The van der Waals surface area contributed by atoms with Gasteiger partial charge in [0.1, 0.15) is 0 Å². The Morgan fingerprint density at radius 1 is 0.346 bits per heavy atom. The molecule has 0 bridgehead atoms. The predicted molar refractivity (Wildman–Crippen MR) is 356 cm³/mol. The van der Waals surface area contributed by atoms with Gasteiger partial charge in [-0.1, -0.05) is 345 Å². The molecular weight excluding hydrogens is 995 g/mol. The van der Waals surface area contributed by atoms with Gasteiger partial charge >= 0.3 is 5.97 Å². The van der Waals surface area contributed by atoms with Gasteiger partial charge in [-0.3, -0.25) is 9.59 Å². The van der Waals surface area contributed by atoms with Crippen LogP contribution in [0.5, 0.6) is 0 Å². The van der Waals surface area contributed by atoms with Gasteiger partial charge in [-0.15, -0.1) is 0 Å². The summed E-state index contributed by atoms with van der Waals surface area (Å²) in [7, 11) is 0. The molecular formula is C75H141NO5. The van der Waals surface area contributed by atoms with E-state index >= 15 is 0 Å². The number of aliphatic hydroxyl groups excluding tert-OH is 2. The van der Waals surface area contributed by atoms with Crippen molar-refractivity contribution in [3.8, 4) is 0 Å². The summed E-state index contributed by atoms with van der Waals surface area (Å²) < 4.78 is 5.48. The number of rotatable bonds is 68. The maximum Gasteiger partial charge on any atom is 0.305 e. The van der Waals surface area contributed by atoms with E-state index in [0.29, 0.717) is 19.4 Å². The molecule has 3 N–H and O–H groups in total. The van der Waals surface area contributed by atoms with Crippen LogP contribution in [0, 0.1) is 0 Å². The number of aliphatic hydroxyl groups is 2. The van der Waals surface area contributed by atoms with Crippen LogP contribution < -0.4 is 5.32 Å². The quantitative estimate of drug-likeness (QED) is 0.0320. The minimum absolute atomic E-state index is 0.00101. The van der Waals surface area contributed by atoms with E-state index in [-0.39, 0.29) is 18.5 Å². The first-order chi connectivity index (χ1) is 40.0. The van der Waals surface area contributed by atoms with Crippen molar-refractivity contribution in [3.63, 3.8) is 0 Å². The van der Waals surface area contributed by atoms with E-state index in [0.717, 1.165) is 51.4 Å². The minimum Gasteiger partial charge on any atom is -0.466 e. The van der Waals surface area contributed by atoms with Gasteiger partial charge in [0.15, 0.2) is 0 Å². The van der Waals surface area contributed by atoms with E-state index in [9.17, 15) is 19.8 Å². The second-order valence-corrected chi connectivity index (χ2v) is 24.9. The Hall–Kier alpha value is -2.18. The standard InChI is InChI=1S/C75H141NO5/c1-3-5-7-9-11-13-15-17-19-20-21-22-31-34-37-40-43-47-51-55-59-63-67-73(78)72(71-77)76-74(79)68-64-60-56-52-48-44-41-38-35-32-29-27-25-23-24-26-28-30-33-36-39-42-46-50-54-58-62-66-70-81-75(80)69-65-61-57-53-49-45-18-16-14-12-10-8-6-4-2/h10,12,16,18,23-24,63,67,72-73,77-78H,3-9,11,13-15,17,19-22,25-62,64-66,68-71H2,1-2H3,(H,76,79)/b12-10-,18-16-,24-23-,67-63+. The maximum atomic E-state index is 12.5. The van der Waals surface area contributed by atoms with E-state index in [1.807, 2.05) is 6.08 Å². The van der Waals surface area contributed by atoms with Crippen molar-refractivity contribution >= 4 is 11.9 Å². The first-order valence-corrected chi connectivity index (χ1v) is 36.4. The van der Waals surface area contributed by atoms with Crippen molar-refractivity contribution in [1.29, 1.82) is 0 Å². The average molecular weight is 1140 g/mol. The van der Waals surface area contributed by atoms with Gasteiger partial charge in [-0.2, -0.15) is 0 Å². The number of hydrogen-bond acceptors (Lipinski definition) is 5. The van der Waals surface area contributed by atoms with Gasteiger partial charge in [0, 0.05) is 12.8 Å². The van der Waals surface area contributed by atoms with Crippen LogP contribution in [-0.4, -0.2) is 47.4 Å². The predicted octanol–water partition coefficient (Wildman–Crippen LogP) is 23.6. The van der Waals surface area contributed by atoms with Crippen LogP contribution in [0.15, 0.2) is 48.6 Å². The second kappa shape index (κ2) is 70.3. The SMILES string of the molecule is CCCC/C=C\C/C=C\CCCCCCCC(=O)OCCCCCCCCCCCCCC/C=C\CCCCCCCCCCCCCCC(=O)NC(CO)C(O)/C=C/CCCCCCCCCCCCCCCCCCCCCC. The Kier molecular flexibility index (Phi) is 68.4. The molecule has 0 aliphatic rings. The summed E-state index contributed by atoms with van der Waals surface area (Å²) in [5.41, 5.74) is 0. The number of hydrogen-bond donors (Lipinski definition) is 3. The number of carbonyl (C=O) groups is 2. The number of esters is 1. The molecule has 476 valence electrons. The topological polar surface area (TPSA) is 95.9 Å². The van der Waals surface area contributed by atoms with E-state index in [1.165, 1.54) is 315 Å². The fourth-order valence-corrected chi connectivity index (χ4v) is 11.2. The third-order valence-electron chi connectivity index (χ3n) is 16.8. The van der Waals surface area contributed by atoms with Crippen molar-refractivity contribution in [2.24, 2.45) is 0 Å². The first-order valence-electron chi connectivity index (χ1n) is 36.4. The number of nitrogens with one attached hydrogen (secondary N) is 1. The number of unbranched alkanes of at least 4 members (excludes halogenated alkanes) is 51. The Balaban J connectivity index is 3.41. The molecule has 0 fully saturated rings. The van der Waals surface area contributed by atoms with Gasteiger partial charge in [0.25, 0.3) is 0 Å². The molecule has 2 unspecified atom stereocenters. The highest BCUT2D eigenvalue weighted by molar-refractivity contribution is 5.76. The van der Waals surface area contributed by atoms with Crippen molar-refractivity contribution in [2.45, 2.75) is 405 Å². The Bertz CT molecular complexity index is 1360. The highest BCUT2D eigenvalue weighted by Crippen LogP contribution is 2.18. The maximum absolute atomic E-state index is 12.5. The zero-order valence-electron chi connectivity index (χ0n) is 54.5. The lowest BCUT2D eigenvalue weighted by molar-refractivity contribution is -0.143. The summed E-state index contributed by atoms with van der Waals surface area (Å²) in [6.45, 7) is 4.89. The third kappa shape index (κ3) is 66.8. The summed E-state index contributed by atoms with van der Waals surface area (Å²) in [5.74, 6) is -0.0634. The molecule has 0 saturated heterocycles. The molecule has 6 nitrogen and oxygen atoms in total. The van der Waals surface area contributed by atoms with Crippen LogP contribution in [-0.2, 0) is 14.3 Å². The summed E-state index contributed by atoms with van der Waals surface area (Å²) in [4.78, 5) is 24.6. The molecule has 6 heteroatoms. The summed E-state index contributed by atoms with van der Waals surface area (Å²) in [6.07, 6.45) is 92.0. The van der Waals surface area contributed by atoms with Crippen molar-refractivity contribution in [3.05, 3.63) is 48.6 Å². The van der Waals surface area contributed by atoms with E-state index in [2.05, 4.69) is 55.6 Å². The van der Waals surface area contributed by atoms with Gasteiger partial charge < -0.3 is 20.3 Å². The second-order valence-electron chi connectivity index (χ2n) is 24.9. The van der Waals surface area contributed by atoms with Crippen LogP contribution >= 0.6 is 0 Å². The zero-order chi connectivity index (χ0) is 58.5. The highest BCUT2D eigenvalue weighted by atomic mass is 16.5. The molecule has 0 saturated carbocycles. The van der Waals surface area contributed by atoms with Crippen LogP contribution in [0.4, 0.5) is 0 Å². The van der Waals surface area contributed by atoms with Crippen LogP contribution in [0.1, 0.15) is 393 Å². The monoisotopic (exact) mass is 1140 g/mol. The molecule has 0 aromatic carbocycles. The van der Waals surface area contributed by atoms with E-state index in [4.69, 9.17) is 4.74 Å². The smallest absolute Gasteiger partial charge is 0.305 e. The van der Waals surface area contributed by atoms with Gasteiger partial charge in [-0.25, -0.2) is 0 Å². The number of allylic oxidation sites excluding steroid dienone is 7. The number of carbonyl (C=O) groups excluding carboxylic acids is 2. The molecule has 81 heavy (non-hydrogen) atoms. The van der Waals surface area contributed by atoms with Gasteiger partial charge in [-0.05, 0) is 83.5 Å². The van der Waals surface area contributed by atoms with Crippen molar-refractivity contribution < 1.29 is 24.5 Å². The molecule has 0 aliphatic heterocycles. The van der Waals surface area contributed by atoms with Crippen molar-refractivity contribution in [2.75, 3.05) is 13.2 Å². The van der Waals surface area contributed by atoms with Crippen LogP contribution in [0.25, 0.3) is 0 Å². The van der Waals surface area contributed by atoms with E-state index < -0.39 is 12.1 Å². The lowest BCUT2D eigenvalue weighted by Crippen LogP contribution is -2.45. The van der Waals surface area contributed by atoms with Crippen molar-refractivity contribution in [1.82, 2.24) is 5.32 Å². The molecule has 0 rings (SSSR count). The minimum atomic E-state index is -0.846.